The van der Waals surface area contributed by atoms with Crippen molar-refractivity contribution in [1.29, 1.82) is 0 Å². The SMILES string of the molecule is CC1(c2cc(Cl)c(Cl)c(Cl)c2)CC(c2ccc(C(=O)NCc3ccc4c(c3)B(O)OC43CCCC3)n3cccc23)=NO1. The van der Waals surface area contributed by atoms with Crippen molar-refractivity contribution in [2.24, 2.45) is 5.16 Å². The van der Waals surface area contributed by atoms with Crippen LogP contribution in [0.5, 0.6) is 0 Å². The summed E-state index contributed by atoms with van der Waals surface area (Å²) in [7, 11) is -0.932. The second-order valence-electron chi connectivity index (χ2n) is 11.5. The first-order valence-corrected chi connectivity index (χ1v) is 15.1. The molecule has 7 nitrogen and oxygen atoms in total. The molecule has 1 aliphatic carbocycles. The van der Waals surface area contributed by atoms with Gasteiger partial charge in [0.1, 0.15) is 5.69 Å². The molecule has 4 heterocycles. The molecule has 2 aliphatic heterocycles. The summed E-state index contributed by atoms with van der Waals surface area (Å²) in [5.74, 6) is -0.216. The number of halogens is 3. The number of carbonyl (C=O) groups is 1. The summed E-state index contributed by atoms with van der Waals surface area (Å²) >= 11 is 18.7. The van der Waals surface area contributed by atoms with Gasteiger partial charge in [0.25, 0.3) is 5.91 Å². The first-order chi connectivity index (χ1) is 20.2. The van der Waals surface area contributed by atoms with Crippen molar-refractivity contribution in [3.05, 3.63) is 104 Å². The number of benzene rings is 2. The number of hydrogen-bond acceptors (Lipinski definition) is 5. The molecule has 4 aromatic rings. The summed E-state index contributed by atoms with van der Waals surface area (Å²) in [4.78, 5) is 19.3. The number of pyridine rings is 1. The van der Waals surface area contributed by atoms with Crippen molar-refractivity contribution in [2.75, 3.05) is 0 Å². The number of oxime groups is 1. The third kappa shape index (κ3) is 4.52. The van der Waals surface area contributed by atoms with Gasteiger partial charge in [0.15, 0.2) is 5.60 Å². The average Bonchev–Trinajstić information content (AvgIpc) is 3.78. The van der Waals surface area contributed by atoms with Crippen molar-refractivity contribution in [1.82, 2.24) is 9.72 Å². The molecule has 1 amide bonds. The molecule has 1 spiro atoms. The van der Waals surface area contributed by atoms with E-state index in [-0.39, 0.29) is 11.5 Å². The fourth-order valence-corrected chi connectivity index (χ4v) is 7.15. The second kappa shape index (κ2) is 10.3. The van der Waals surface area contributed by atoms with Crippen LogP contribution < -0.4 is 10.8 Å². The topological polar surface area (TPSA) is 84.6 Å². The van der Waals surface area contributed by atoms with E-state index in [1.165, 1.54) is 0 Å². The highest BCUT2D eigenvalue weighted by Gasteiger charge is 2.48. The van der Waals surface area contributed by atoms with Gasteiger partial charge in [0, 0.05) is 30.3 Å². The fourth-order valence-electron chi connectivity index (χ4n) is 6.56. The minimum atomic E-state index is -0.932. The van der Waals surface area contributed by atoms with E-state index < -0.39 is 12.7 Å². The second-order valence-corrected chi connectivity index (χ2v) is 12.7. The van der Waals surface area contributed by atoms with E-state index in [9.17, 15) is 9.82 Å². The Balaban J connectivity index is 1.09. The van der Waals surface area contributed by atoms with Gasteiger partial charge in [-0.15, -0.1) is 0 Å². The highest BCUT2D eigenvalue weighted by atomic mass is 35.5. The van der Waals surface area contributed by atoms with Gasteiger partial charge in [0.2, 0.25) is 0 Å². The maximum absolute atomic E-state index is 13.3. The van der Waals surface area contributed by atoms with Gasteiger partial charge >= 0.3 is 7.12 Å². The summed E-state index contributed by atoms with van der Waals surface area (Å²) < 4.78 is 7.86. The van der Waals surface area contributed by atoms with Crippen molar-refractivity contribution in [3.8, 4) is 0 Å². The molecule has 0 saturated heterocycles. The Morgan fingerprint density at radius 3 is 2.62 bits per heavy atom. The normalized spacial score (nSPS) is 20.7. The molecular weight excluding hydrogens is 596 g/mol. The van der Waals surface area contributed by atoms with Gasteiger partial charge < -0.3 is 24.2 Å². The number of carbonyl (C=O) groups excluding carboxylic acids is 1. The van der Waals surface area contributed by atoms with Crippen LogP contribution in [0.3, 0.4) is 0 Å². The van der Waals surface area contributed by atoms with Crippen LogP contribution >= 0.6 is 34.8 Å². The number of aromatic nitrogens is 1. The third-order valence-electron chi connectivity index (χ3n) is 8.77. The zero-order chi connectivity index (χ0) is 29.2. The maximum Gasteiger partial charge on any atom is 0.492 e. The Hall–Kier alpha value is -3.01. The lowest BCUT2D eigenvalue weighted by atomic mass is 9.77. The predicted octanol–water partition coefficient (Wildman–Crippen LogP) is 6.36. The Morgan fingerprint density at radius 2 is 1.86 bits per heavy atom. The zero-order valence-corrected chi connectivity index (χ0v) is 25.1. The average molecular weight is 623 g/mol. The maximum atomic E-state index is 13.3. The highest BCUT2D eigenvalue weighted by Crippen LogP contribution is 2.45. The smallest absolute Gasteiger partial charge is 0.423 e. The van der Waals surface area contributed by atoms with Crippen LogP contribution in [-0.4, -0.2) is 28.2 Å². The Labute approximate surface area is 258 Å². The highest BCUT2D eigenvalue weighted by molar-refractivity contribution is 6.62. The van der Waals surface area contributed by atoms with Crippen LogP contribution in [0.4, 0.5) is 0 Å². The molecule has 2 N–H and O–H groups in total. The van der Waals surface area contributed by atoms with Gasteiger partial charge in [-0.3, -0.25) is 4.79 Å². The summed E-state index contributed by atoms with van der Waals surface area (Å²) in [6, 6.07) is 17.0. The van der Waals surface area contributed by atoms with E-state index in [0.29, 0.717) is 33.7 Å². The van der Waals surface area contributed by atoms with Crippen LogP contribution in [-0.2, 0) is 27.2 Å². The molecular formula is C31H27BCl3N3O4. The summed E-state index contributed by atoms with van der Waals surface area (Å²) in [5.41, 5.74) is 5.34. The minimum Gasteiger partial charge on any atom is -0.423 e. The number of nitrogens with zero attached hydrogens (tertiary/aromatic N) is 2. The van der Waals surface area contributed by atoms with E-state index in [2.05, 4.69) is 10.5 Å². The largest absolute Gasteiger partial charge is 0.492 e. The monoisotopic (exact) mass is 621 g/mol. The molecule has 0 bridgehead atoms. The van der Waals surface area contributed by atoms with Gasteiger partial charge in [-0.2, -0.15) is 0 Å². The fraction of sp³-hybridized carbons (Fsp3) is 0.290. The van der Waals surface area contributed by atoms with Crippen molar-refractivity contribution in [2.45, 2.75) is 56.8 Å². The number of rotatable bonds is 5. The lowest BCUT2D eigenvalue weighted by Crippen LogP contribution is -2.30. The van der Waals surface area contributed by atoms with E-state index in [0.717, 1.165) is 64.6 Å². The van der Waals surface area contributed by atoms with Gasteiger partial charge in [-0.05, 0) is 72.8 Å². The van der Waals surface area contributed by atoms with Gasteiger partial charge in [0.05, 0.1) is 31.9 Å². The van der Waals surface area contributed by atoms with Crippen LogP contribution in [0.2, 0.25) is 15.1 Å². The molecule has 2 aromatic carbocycles. The molecule has 1 atom stereocenters. The van der Waals surface area contributed by atoms with Crippen molar-refractivity contribution in [3.63, 3.8) is 0 Å². The molecule has 7 rings (SSSR count). The van der Waals surface area contributed by atoms with E-state index >= 15 is 0 Å². The van der Waals surface area contributed by atoms with Crippen LogP contribution in [0, 0.1) is 0 Å². The van der Waals surface area contributed by atoms with Crippen LogP contribution in [0.1, 0.15) is 71.8 Å². The van der Waals surface area contributed by atoms with Crippen LogP contribution in [0.15, 0.2) is 65.9 Å². The lowest BCUT2D eigenvalue weighted by Gasteiger charge is -2.25. The Morgan fingerprint density at radius 1 is 1.10 bits per heavy atom. The summed E-state index contributed by atoms with van der Waals surface area (Å²) in [6.07, 6.45) is 6.38. The quantitative estimate of drug-likeness (QED) is 0.201. The zero-order valence-electron chi connectivity index (χ0n) is 22.8. The molecule has 11 heteroatoms. The molecule has 1 saturated carbocycles. The number of amides is 1. The number of nitrogens with one attached hydrogen (secondary N) is 1. The Kier molecular flexibility index (Phi) is 6.83. The number of fused-ring (bicyclic) bond motifs is 3. The first-order valence-electron chi connectivity index (χ1n) is 14.0. The molecule has 214 valence electrons. The Bertz CT molecular complexity index is 1760. The number of hydrogen-bond donors (Lipinski definition) is 2. The predicted molar refractivity (Wildman–Crippen MR) is 165 cm³/mol. The molecule has 42 heavy (non-hydrogen) atoms. The third-order valence-corrected chi connectivity index (χ3v) is 9.96. The van der Waals surface area contributed by atoms with Gasteiger partial charge in [-0.1, -0.05) is 71.0 Å². The van der Waals surface area contributed by atoms with Crippen molar-refractivity contribution >= 4 is 64.5 Å². The van der Waals surface area contributed by atoms with E-state index in [4.69, 9.17) is 44.3 Å². The van der Waals surface area contributed by atoms with Gasteiger partial charge in [-0.25, -0.2) is 0 Å². The minimum absolute atomic E-state index is 0.216. The molecule has 3 aliphatic rings. The van der Waals surface area contributed by atoms with E-state index in [1.54, 1.807) is 18.2 Å². The molecule has 1 unspecified atom stereocenters. The lowest BCUT2D eigenvalue weighted by molar-refractivity contribution is -0.00737. The molecule has 2 aromatic heterocycles. The molecule has 1 fully saturated rings. The summed E-state index contributed by atoms with van der Waals surface area (Å²) in [6.45, 7) is 2.25. The first kappa shape index (κ1) is 27.8. The standard InChI is InChI=1S/C31H27BCl3N3O4/c1-30(19-14-23(33)28(35)24(34)15-19)16-25(37-42-30)20-7-9-27(38-12-4-5-26(20)38)29(39)36-17-18-6-8-21-22(13-18)32(40)41-31(21)10-2-3-11-31/h4-9,12-15,40H,2-3,10-11,16-17H2,1H3,(H,36,39). The van der Waals surface area contributed by atoms with Crippen LogP contribution in [0.25, 0.3) is 5.52 Å². The molecule has 0 radical (unpaired) electrons. The summed E-state index contributed by atoms with van der Waals surface area (Å²) in [5, 5.41) is 19.0. The van der Waals surface area contributed by atoms with Crippen molar-refractivity contribution < 1.29 is 19.3 Å². The van der Waals surface area contributed by atoms with E-state index in [1.807, 2.05) is 53.9 Å².